The Morgan fingerprint density at radius 3 is 1.65 bits per heavy atom. The first kappa shape index (κ1) is 38.1. The van der Waals surface area contributed by atoms with E-state index in [1.807, 2.05) is 122 Å². The van der Waals surface area contributed by atoms with Gasteiger partial charge >= 0.3 is 0 Å². The highest BCUT2D eigenvalue weighted by atomic mass is 16.2. The predicted molar refractivity (Wildman–Crippen MR) is 225 cm³/mol. The first-order chi connectivity index (χ1) is 27.7. The van der Waals surface area contributed by atoms with Crippen LogP contribution in [0.4, 0.5) is 0 Å². The van der Waals surface area contributed by atoms with Crippen molar-refractivity contribution < 1.29 is 9.59 Å². The summed E-state index contributed by atoms with van der Waals surface area (Å²) in [6, 6.07) is 36.2. The molecule has 2 aromatic heterocycles. The van der Waals surface area contributed by atoms with Crippen molar-refractivity contribution in [2.24, 2.45) is 7.05 Å². The number of aryl methyl sites for hydroxylation is 1. The number of aromatic amines is 1. The van der Waals surface area contributed by atoms with Gasteiger partial charge in [-0.25, -0.2) is 9.97 Å². The SMILES string of the molecule is CN(C)C(C(=O)N1CCC[C@H]1c1ncc(-c2ccc(-c3ccc(-c4cn(C)c([C@@H]5CCCN5C(=O)[C@@H](c5ccccc5)N(C)C)n4)cc3)cc2)[nH]1)c1ccccc1. The van der Waals surface area contributed by atoms with Crippen LogP contribution in [0.25, 0.3) is 33.6 Å². The topological polar surface area (TPSA) is 93.6 Å². The number of benzene rings is 4. The molecule has 2 aliphatic rings. The Bertz CT molecular complexity index is 2300. The van der Waals surface area contributed by atoms with Crippen molar-refractivity contribution in [2.75, 3.05) is 41.3 Å². The Morgan fingerprint density at radius 2 is 1.12 bits per heavy atom. The number of hydrogen-bond acceptors (Lipinski definition) is 6. The first-order valence-electron chi connectivity index (χ1n) is 20.0. The van der Waals surface area contributed by atoms with E-state index in [-0.39, 0.29) is 36.0 Å². The third-order valence-corrected chi connectivity index (χ3v) is 11.6. The molecular weight excluding hydrogens is 709 g/mol. The molecule has 2 saturated heterocycles. The first-order valence-corrected chi connectivity index (χ1v) is 20.0. The van der Waals surface area contributed by atoms with Crippen molar-refractivity contribution in [1.82, 2.24) is 39.1 Å². The quantitative estimate of drug-likeness (QED) is 0.144. The number of rotatable bonds is 11. The van der Waals surface area contributed by atoms with E-state index in [0.29, 0.717) is 0 Å². The van der Waals surface area contributed by atoms with E-state index >= 15 is 0 Å². The number of hydrogen-bond donors (Lipinski definition) is 1. The smallest absolute Gasteiger partial charge is 0.245 e. The fraction of sp³-hybridized carbons (Fsp3) is 0.319. The molecule has 4 aromatic carbocycles. The van der Waals surface area contributed by atoms with Gasteiger partial charge in [0.2, 0.25) is 11.8 Å². The van der Waals surface area contributed by atoms with Crippen molar-refractivity contribution in [3.63, 3.8) is 0 Å². The summed E-state index contributed by atoms with van der Waals surface area (Å²) in [5, 5.41) is 0. The van der Waals surface area contributed by atoms with Gasteiger partial charge in [-0.05, 0) is 81.7 Å². The Kier molecular flexibility index (Phi) is 10.9. The maximum atomic E-state index is 14.0. The summed E-state index contributed by atoms with van der Waals surface area (Å²) in [6.45, 7) is 1.45. The van der Waals surface area contributed by atoms with Crippen LogP contribution in [0.3, 0.4) is 0 Å². The summed E-state index contributed by atoms with van der Waals surface area (Å²) in [5.41, 5.74) is 8.14. The van der Waals surface area contributed by atoms with Gasteiger partial charge in [0.1, 0.15) is 23.7 Å². The minimum atomic E-state index is -0.342. The Hall–Kier alpha value is -5.84. The number of likely N-dealkylation sites (N-methyl/N-ethyl adjacent to an activating group) is 2. The van der Waals surface area contributed by atoms with Gasteiger partial charge in [0.15, 0.2) is 0 Å². The van der Waals surface area contributed by atoms with Crippen molar-refractivity contribution in [3.05, 3.63) is 144 Å². The third-order valence-electron chi connectivity index (χ3n) is 11.6. The molecule has 6 aromatic rings. The molecule has 1 unspecified atom stereocenters. The summed E-state index contributed by atoms with van der Waals surface area (Å²) in [4.78, 5) is 49.4. The van der Waals surface area contributed by atoms with Crippen molar-refractivity contribution >= 4 is 11.8 Å². The summed E-state index contributed by atoms with van der Waals surface area (Å²) in [6.07, 6.45) is 7.63. The lowest BCUT2D eigenvalue weighted by molar-refractivity contribution is -0.138. The molecule has 0 saturated carbocycles. The normalized spacial score (nSPS) is 18.1. The molecule has 0 aliphatic carbocycles. The summed E-state index contributed by atoms with van der Waals surface area (Å²) < 4.78 is 2.08. The number of aromatic nitrogens is 4. The van der Waals surface area contributed by atoms with Gasteiger partial charge in [0.05, 0.1) is 29.7 Å². The minimum absolute atomic E-state index is 0.0687. The molecule has 292 valence electrons. The van der Waals surface area contributed by atoms with E-state index in [0.717, 1.165) is 95.2 Å². The highest BCUT2D eigenvalue weighted by Gasteiger charge is 2.39. The fourth-order valence-corrected chi connectivity index (χ4v) is 8.78. The van der Waals surface area contributed by atoms with Gasteiger partial charge < -0.3 is 19.4 Å². The van der Waals surface area contributed by atoms with Crippen LogP contribution in [0.5, 0.6) is 0 Å². The van der Waals surface area contributed by atoms with Gasteiger partial charge in [0, 0.05) is 31.9 Å². The lowest BCUT2D eigenvalue weighted by atomic mass is 10.0. The predicted octanol–water partition coefficient (Wildman–Crippen LogP) is 8.08. The molecule has 1 N–H and O–H groups in total. The van der Waals surface area contributed by atoms with Gasteiger partial charge in [-0.15, -0.1) is 0 Å². The highest BCUT2D eigenvalue weighted by Crippen LogP contribution is 2.38. The molecule has 2 fully saturated rings. The maximum absolute atomic E-state index is 14.0. The van der Waals surface area contributed by atoms with Crippen LogP contribution in [0.15, 0.2) is 122 Å². The van der Waals surface area contributed by atoms with Gasteiger partial charge in [-0.2, -0.15) is 0 Å². The number of imidazole rings is 2. The molecule has 10 nitrogen and oxygen atoms in total. The number of nitrogens with one attached hydrogen (secondary N) is 1. The molecule has 4 atom stereocenters. The molecule has 0 spiro atoms. The van der Waals surface area contributed by atoms with Gasteiger partial charge in [0.25, 0.3) is 0 Å². The largest absolute Gasteiger partial charge is 0.340 e. The molecule has 0 bridgehead atoms. The lowest BCUT2D eigenvalue weighted by Gasteiger charge is -2.32. The Morgan fingerprint density at radius 1 is 0.649 bits per heavy atom. The molecule has 57 heavy (non-hydrogen) atoms. The van der Waals surface area contributed by atoms with Crippen LogP contribution in [-0.4, -0.2) is 92.2 Å². The van der Waals surface area contributed by atoms with Crippen molar-refractivity contribution in [1.29, 1.82) is 0 Å². The average molecular weight is 761 g/mol. The van der Waals surface area contributed by atoms with E-state index in [2.05, 4.69) is 64.3 Å². The molecule has 0 radical (unpaired) electrons. The maximum Gasteiger partial charge on any atom is 0.245 e. The highest BCUT2D eigenvalue weighted by molar-refractivity contribution is 5.85. The molecule has 2 aliphatic heterocycles. The molecule has 8 rings (SSSR count). The average Bonchev–Trinajstić information content (AvgIpc) is 4.06. The van der Waals surface area contributed by atoms with Gasteiger partial charge in [-0.1, -0.05) is 109 Å². The van der Waals surface area contributed by atoms with E-state index in [1.165, 1.54) is 0 Å². The molecule has 10 heteroatoms. The van der Waals surface area contributed by atoms with Crippen molar-refractivity contribution in [3.8, 4) is 33.6 Å². The van der Waals surface area contributed by atoms with Crippen LogP contribution in [0.1, 0.15) is 72.6 Å². The second kappa shape index (κ2) is 16.3. The lowest BCUT2D eigenvalue weighted by Crippen LogP contribution is -2.40. The zero-order valence-corrected chi connectivity index (χ0v) is 33.5. The van der Waals surface area contributed by atoms with E-state index in [1.54, 1.807) is 0 Å². The number of amides is 2. The fourth-order valence-electron chi connectivity index (χ4n) is 8.78. The van der Waals surface area contributed by atoms with E-state index in [4.69, 9.17) is 9.97 Å². The summed E-state index contributed by atoms with van der Waals surface area (Å²) in [7, 11) is 9.89. The zero-order valence-electron chi connectivity index (χ0n) is 33.5. The third kappa shape index (κ3) is 7.67. The van der Waals surface area contributed by atoms with Crippen LogP contribution >= 0.6 is 0 Å². The summed E-state index contributed by atoms with van der Waals surface area (Å²) >= 11 is 0. The standard InChI is InChI=1S/C47H52N8O2/c1-51(2)42(36-14-8-6-9-15-36)46(56)54-28-12-18-40(54)44-48-30-38(49-44)34-24-20-32(21-25-34)33-22-26-35(27-23-33)39-31-53(5)45(50-39)41-19-13-29-55(41)47(57)43(52(3)4)37-16-10-7-11-17-37/h6-11,14-17,20-27,30-31,40-43H,12-13,18-19,28-29H2,1-5H3,(H,48,49)/t40-,41-,42?,43+/m0/s1. The van der Waals surface area contributed by atoms with Crippen LogP contribution in [0.2, 0.25) is 0 Å². The number of likely N-dealkylation sites (tertiary alicyclic amines) is 2. The van der Waals surface area contributed by atoms with Crippen LogP contribution < -0.4 is 0 Å². The molecule has 2 amide bonds. The number of carbonyl (C=O) groups excluding carboxylic acids is 2. The zero-order chi connectivity index (χ0) is 39.6. The van der Waals surface area contributed by atoms with Crippen LogP contribution in [-0.2, 0) is 16.6 Å². The second-order valence-corrected chi connectivity index (χ2v) is 15.9. The second-order valence-electron chi connectivity index (χ2n) is 15.9. The summed E-state index contributed by atoms with van der Waals surface area (Å²) in [5.74, 6) is 1.97. The Labute approximate surface area is 335 Å². The minimum Gasteiger partial charge on any atom is -0.340 e. The van der Waals surface area contributed by atoms with Crippen LogP contribution in [0, 0.1) is 0 Å². The molecule has 4 heterocycles. The van der Waals surface area contributed by atoms with Crippen molar-refractivity contribution in [2.45, 2.75) is 49.9 Å². The van der Waals surface area contributed by atoms with E-state index < -0.39 is 0 Å². The van der Waals surface area contributed by atoms with E-state index in [9.17, 15) is 9.59 Å². The number of carbonyl (C=O) groups is 2. The molecular formula is C47H52N8O2. The number of H-pyrrole nitrogens is 1. The number of nitrogens with zero attached hydrogens (tertiary/aromatic N) is 7. The monoisotopic (exact) mass is 760 g/mol. The van der Waals surface area contributed by atoms with Gasteiger partial charge in [-0.3, -0.25) is 19.4 Å². The Balaban J connectivity index is 0.945.